The molecule has 3 rings (SSSR count). The molecule has 0 aromatic carbocycles. The van der Waals surface area contributed by atoms with Crippen molar-refractivity contribution in [3.05, 3.63) is 35.5 Å². The van der Waals surface area contributed by atoms with Gasteiger partial charge in [0.2, 0.25) is 0 Å². The molecule has 0 heterocycles. The summed E-state index contributed by atoms with van der Waals surface area (Å²) in [4.78, 5) is 11.8. The van der Waals surface area contributed by atoms with Crippen molar-refractivity contribution in [2.45, 2.75) is 136 Å². The van der Waals surface area contributed by atoms with Crippen molar-refractivity contribution in [1.82, 2.24) is 0 Å². The van der Waals surface area contributed by atoms with E-state index in [-0.39, 0.29) is 17.1 Å². The van der Waals surface area contributed by atoms with Gasteiger partial charge in [-0.3, -0.25) is 4.79 Å². The highest BCUT2D eigenvalue weighted by atomic mass is 28.4. The maximum atomic E-state index is 11.8. The lowest BCUT2D eigenvalue weighted by Crippen LogP contribution is -2.45. The molecule has 0 aromatic rings. The van der Waals surface area contributed by atoms with Crippen LogP contribution < -0.4 is 0 Å². The van der Waals surface area contributed by atoms with E-state index >= 15 is 0 Å². The van der Waals surface area contributed by atoms with Gasteiger partial charge in [-0.1, -0.05) is 58.9 Å². The quantitative estimate of drug-likeness (QED) is 0.221. The van der Waals surface area contributed by atoms with E-state index in [1.165, 1.54) is 49.7 Å². The van der Waals surface area contributed by atoms with Gasteiger partial charge in [-0.25, -0.2) is 0 Å². The summed E-state index contributed by atoms with van der Waals surface area (Å²) < 4.78 is 11.9. The minimum absolute atomic E-state index is 0.0395. The summed E-state index contributed by atoms with van der Waals surface area (Å²) in [6, 6.07) is 0. The molecule has 3 fully saturated rings. The molecule has 0 aliphatic heterocycles. The summed E-state index contributed by atoms with van der Waals surface area (Å²) in [6.45, 7) is 23.6. The highest BCUT2D eigenvalue weighted by molar-refractivity contribution is 6.74. The lowest BCUT2D eigenvalue weighted by Gasteiger charge is -2.44. The molecule has 0 saturated heterocycles. The summed E-state index contributed by atoms with van der Waals surface area (Å²) in [5.74, 6) is 2.07. The third-order valence-electron chi connectivity index (χ3n) is 10.5. The fourth-order valence-electron chi connectivity index (χ4n) is 7.30. The summed E-state index contributed by atoms with van der Waals surface area (Å²) in [6.07, 6.45) is 17.7. The molecule has 4 heteroatoms. The van der Waals surface area contributed by atoms with Gasteiger partial charge in [-0.05, 0) is 124 Å². The van der Waals surface area contributed by atoms with Crippen LogP contribution in [0.1, 0.15) is 112 Å². The zero-order valence-electron chi connectivity index (χ0n) is 25.4. The van der Waals surface area contributed by atoms with E-state index in [1.54, 1.807) is 5.57 Å². The highest BCUT2D eigenvalue weighted by Gasteiger charge is 2.50. The molecule has 3 aliphatic rings. The molecule has 37 heavy (non-hydrogen) atoms. The van der Waals surface area contributed by atoms with Gasteiger partial charge in [0.1, 0.15) is 0 Å². The maximum Gasteiger partial charge on any atom is 0.305 e. The summed E-state index contributed by atoms with van der Waals surface area (Å²) in [7, 11) is -1.81. The van der Waals surface area contributed by atoms with Crippen LogP contribution in [0.25, 0.3) is 0 Å². The molecule has 3 nitrogen and oxygen atoms in total. The number of esters is 1. The Balaban J connectivity index is 1.67. The first-order chi connectivity index (χ1) is 17.3. The summed E-state index contributed by atoms with van der Waals surface area (Å²) in [5, 5.41) is 0.220. The molecule has 4 unspecified atom stereocenters. The van der Waals surface area contributed by atoms with Crippen molar-refractivity contribution in [2.75, 3.05) is 6.61 Å². The van der Waals surface area contributed by atoms with Crippen LogP contribution >= 0.6 is 0 Å². The standard InChI is InChI=1S/C33H56O3Si/c1-10-35-31(34)18-11-14-24(2)28-21-22-29-27(16-13-23-33(28,29)7)20-19-26-15-12-17-30(25(26)3)36-37(8,9)32(4,5)6/h19-20,24,28-30H,3,10-18,21-23H2,1-2,4-9H3/t24?,28?,29?,30?,33-/m1/s1. The van der Waals surface area contributed by atoms with Crippen molar-refractivity contribution in [3.8, 4) is 0 Å². The van der Waals surface area contributed by atoms with Gasteiger partial charge >= 0.3 is 5.97 Å². The number of fused-ring (bicyclic) bond motifs is 1. The number of ether oxygens (including phenoxy) is 1. The van der Waals surface area contributed by atoms with Crippen LogP contribution in [0.4, 0.5) is 0 Å². The molecule has 3 aliphatic carbocycles. The van der Waals surface area contributed by atoms with E-state index in [0.29, 0.717) is 30.3 Å². The fraction of sp³-hybridized carbons (Fsp3) is 0.788. The van der Waals surface area contributed by atoms with Crippen LogP contribution in [-0.2, 0) is 14.0 Å². The average molecular weight is 529 g/mol. The lowest BCUT2D eigenvalue weighted by atomic mass is 9.60. The summed E-state index contributed by atoms with van der Waals surface area (Å²) >= 11 is 0. The number of carbonyl (C=O) groups is 1. The molecular formula is C33H56O3Si. The zero-order valence-corrected chi connectivity index (χ0v) is 26.4. The number of allylic oxidation sites excluding steroid dienone is 3. The minimum atomic E-state index is -1.81. The molecule has 0 N–H and O–H groups in total. The second-order valence-corrected chi connectivity index (χ2v) is 18.7. The van der Waals surface area contributed by atoms with E-state index in [2.05, 4.69) is 66.4 Å². The predicted molar refractivity (Wildman–Crippen MR) is 159 cm³/mol. The van der Waals surface area contributed by atoms with Crippen LogP contribution in [0, 0.1) is 23.2 Å². The first kappa shape index (κ1) is 30.4. The van der Waals surface area contributed by atoms with Gasteiger partial charge in [0.25, 0.3) is 0 Å². The predicted octanol–water partition coefficient (Wildman–Crippen LogP) is 9.56. The van der Waals surface area contributed by atoms with E-state index in [9.17, 15) is 4.79 Å². The van der Waals surface area contributed by atoms with Gasteiger partial charge in [0, 0.05) is 6.42 Å². The first-order valence-corrected chi connectivity index (χ1v) is 18.1. The molecule has 3 saturated carbocycles. The Morgan fingerprint density at radius 2 is 1.89 bits per heavy atom. The van der Waals surface area contributed by atoms with Crippen molar-refractivity contribution < 1.29 is 14.0 Å². The van der Waals surface area contributed by atoms with Crippen LogP contribution in [0.2, 0.25) is 18.1 Å². The van der Waals surface area contributed by atoms with Crippen molar-refractivity contribution >= 4 is 14.3 Å². The van der Waals surface area contributed by atoms with Crippen molar-refractivity contribution in [3.63, 3.8) is 0 Å². The van der Waals surface area contributed by atoms with Gasteiger partial charge in [0.05, 0.1) is 12.7 Å². The highest BCUT2D eigenvalue weighted by Crippen LogP contribution is 2.60. The van der Waals surface area contributed by atoms with Crippen molar-refractivity contribution in [2.24, 2.45) is 23.2 Å². The van der Waals surface area contributed by atoms with E-state index in [0.717, 1.165) is 31.6 Å². The zero-order chi connectivity index (χ0) is 27.4. The Bertz CT molecular complexity index is 876. The van der Waals surface area contributed by atoms with Gasteiger partial charge < -0.3 is 9.16 Å². The maximum absolute atomic E-state index is 11.8. The smallest absolute Gasteiger partial charge is 0.305 e. The van der Waals surface area contributed by atoms with Crippen LogP contribution in [0.3, 0.4) is 0 Å². The second-order valence-electron chi connectivity index (χ2n) is 14.0. The van der Waals surface area contributed by atoms with E-state index < -0.39 is 8.32 Å². The third kappa shape index (κ3) is 7.09. The number of rotatable bonds is 9. The Labute approximate surface area is 229 Å². The Morgan fingerprint density at radius 1 is 1.16 bits per heavy atom. The summed E-state index contributed by atoms with van der Waals surface area (Å²) in [5.41, 5.74) is 4.70. The Hall–Kier alpha value is -1.13. The number of hydrogen-bond donors (Lipinski definition) is 0. The molecule has 0 amide bonds. The number of hydrogen-bond acceptors (Lipinski definition) is 3. The first-order valence-electron chi connectivity index (χ1n) is 15.2. The van der Waals surface area contributed by atoms with Crippen LogP contribution in [-0.4, -0.2) is 27.0 Å². The molecule has 0 radical (unpaired) electrons. The van der Waals surface area contributed by atoms with Gasteiger partial charge in [-0.2, -0.15) is 0 Å². The third-order valence-corrected chi connectivity index (χ3v) is 15.0. The lowest BCUT2D eigenvalue weighted by molar-refractivity contribution is -0.143. The largest absolute Gasteiger partial charge is 0.466 e. The van der Waals surface area contributed by atoms with Crippen LogP contribution in [0.15, 0.2) is 35.5 Å². The monoisotopic (exact) mass is 528 g/mol. The topological polar surface area (TPSA) is 35.5 Å². The van der Waals surface area contributed by atoms with Gasteiger partial charge in [0.15, 0.2) is 8.32 Å². The molecule has 210 valence electrons. The Morgan fingerprint density at radius 3 is 2.57 bits per heavy atom. The van der Waals surface area contributed by atoms with E-state index in [4.69, 9.17) is 9.16 Å². The molecule has 0 bridgehead atoms. The van der Waals surface area contributed by atoms with Crippen molar-refractivity contribution in [1.29, 1.82) is 0 Å². The molecular weight excluding hydrogens is 472 g/mol. The molecule has 0 spiro atoms. The molecule has 0 aromatic heterocycles. The fourth-order valence-corrected chi connectivity index (χ4v) is 8.62. The van der Waals surface area contributed by atoms with Crippen LogP contribution in [0.5, 0.6) is 0 Å². The minimum Gasteiger partial charge on any atom is -0.466 e. The second kappa shape index (κ2) is 12.4. The SMILES string of the molecule is C=C1C(=CC=C2CCC[C@@]3(C)C2CCC3C(C)CCCC(=O)OCC)CCCC1O[Si](C)(C)C(C)(C)C. The normalized spacial score (nSPS) is 32.0. The number of carbonyl (C=O) groups excluding carboxylic acids is 1. The Kier molecular flexibility index (Phi) is 10.2. The average Bonchev–Trinajstić information content (AvgIpc) is 3.16. The van der Waals surface area contributed by atoms with E-state index in [1.807, 2.05) is 6.92 Å². The van der Waals surface area contributed by atoms with Gasteiger partial charge in [-0.15, -0.1) is 0 Å². The molecule has 5 atom stereocenters.